The molecule has 0 saturated carbocycles. The summed E-state index contributed by atoms with van der Waals surface area (Å²) in [7, 11) is -3.39. The highest BCUT2D eigenvalue weighted by Gasteiger charge is 2.16. The highest BCUT2D eigenvalue weighted by atomic mass is 32.2. The van der Waals surface area contributed by atoms with Gasteiger partial charge in [0.05, 0.1) is 21.8 Å². The van der Waals surface area contributed by atoms with Gasteiger partial charge in [0.25, 0.3) is 0 Å². The van der Waals surface area contributed by atoms with Crippen molar-refractivity contribution >= 4 is 26.6 Å². The van der Waals surface area contributed by atoms with E-state index in [0.29, 0.717) is 5.69 Å². The molecule has 0 amide bonds. The van der Waals surface area contributed by atoms with E-state index in [1.807, 2.05) is 24.3 Å². The number of rotatable bonds is 2. The molecule has 7 heteroatoms. The Hall–Kier alpha value is -2.41. The van der Waals surface area contributed by atoms with Crippen LogP contribution in [0.15, 0.2) is 47.4 Å². The molecule has 0 spiro atoms. The number of para-hydroxylation sites is 2. The monoisotopic (exact) mass is 288 g/mol. The van der Waals surface area contributed by atoms with E-state index in [2.05, 4.69) is 10.3 Å². The number of hydrogen-bond donors (Lipinski definition) is 1. The molecule has 1 aromatic heterocycles. The fourth-order valence-electron chi connectivity index (χ4n) is 2.09. The van der Waals surface area contributed by atoms with Gasteiger partial charge in [-0.15, -0.1) is 5.10 Å². The molecule has 0 unspecified atom stereocenters. The van der Waals surface area contributed by atoms with Gasteiger partial charge in [0.2, 0.25) is 0 Å². The van der Waals surface area contributed by atoms with E-state index in [0.717, 1.165) is 17.3 Å². The fourth-order valence-corrected chi connectivity index (χ4v) is 2.92. The van der Waals surface area contributed by atoms with Crippen molar-refractivity contribution in [3.63, 3.8) is 0 Å². The molecule has 1 heterocycles. The maximum absolute atomic E-state index is 11.7. The van der Waals surface area contributed by atoms with Crippen LogP contribution in [0, 0.1) is 0 Å². The van der Waals surface area contributed by atoms with Gasteiger partial charge in [-0.25, -0.2) is 13.1 Å². The molecule has 0 atom stereocenters. The highest BCUT2D eigenvalue weighted by Crippen LogP contribution is 2.27. The normalized spacial score (nSPS) is 11.8. The molecule has 0 bridgehead atoms. The van der Waals surface area contributed by atoms with Gasteiger partial charge in [-0.1, -0.05) is 23.4 Å². The van der Waals surface area contributed by atoms with E-state index in [9.17, 15) is 8.42 Å². The number of nitrogen functional groups attached to an aromatic ring is 1. The minimum absolute atomic E-state index is 0.0922. The van der Waals surface area contributed by atoms with Crippen LogP contribution in [0.2, 0.25) is 0 Å². The number of nitrogens with zero attached hydrogens (tertiary/aromatic N) is 3. The lowest BCUT2D eigenvalue weighted by Crippen LogP contribution is -2.07. The standard InChI is InChI=1S/C13H12N4O2S/c1-20(18,19)12-8-4-7-11(13(12)14)17-10-6-3-2-5-9(10)15-16-17/h2-8H,14H2,1H3. The van der Waals surface area contributed by atoms with Crippen molar-refractivity contribution in [1.29, 1.82) is 0 Å². The number of anilines is 1. The Morgan fingerprint density at radius 1 is 1.10 bits per heavy atom. The summed E-state index contributed by atoms with van der Waals surface area (Å²) in [5.41, 5.74) is 8.14. The Labute approximate surface area is 115 Å². The van der Waals surface area contributed by atoms with Crippen molar-refractivity contribution < 1.29 is 8.42 Å². The zero-order chi connectivity index (χ0) is 14.3. The summed E-state index contributed by atoms with van der Waals surface area (Å²) in [5, 5.41) is 8.08. The van der Waals surface area contributed by atoms with Crippen LogP contribution in [0.5, 0.6) is 0 Å². The molecule has 6 nitrogen and oxygen atoms in total. The lowest BCUT2D eigenvalue weighted by Gasteiger charge is -2.09. The summed E-state index contributed by atoms with van der Waals surface area (Å²) in [4.78, 5) is 0.0922. The molecule has 3 rings (SSSR count). The molecule has 0 fully saturated rings. The van der Waals surface area contributed by atoms with Gasteiger partial charge in [-0.05, 0) is 24.3 Å². The van der Waals surface area contributed by atoms with Gasteiger partial charge in [0.1, 0.15) is 5.52 Å². The molecule has 0 aliphatic rings. The van der Waals surface area contributed by atoms with Crippen molar-refractivity contribution in [3.05, 3.63) is 42.5 Å². The number of benzene rings is 2. The second-order valence-corrected chi connectivity index (χ2v) is 6.44. The molecule has 0 aliphatic heterocycles. The van der Waals surface area contributed by atoms with Crippen molar-refractivity contribution in [3.8, 4) is 5.69 Å². The number of hydrogen-bond acceptors (Lipinski definition) is 5. The number of sulfone groups is 1. The molecular formula is C13H12N4O2S. The van der Waals surface area contributed by atoms with Crippen molar-refractivity contribution in [2.75, 3.05) is 12.0 Å². The third kappa shape index (κ3) is 1.92. The minimum Gasteiger partial charge on any atom is -0.396 e. The minimum atomic E-state index is -3.39. The first kappa shape index (κ1) is 12.6. The number of nitrogens with two attached hydrogens (primary N) is 1. The van der Waals surface area contributed by atoms with E-state index >= 15 is 0 Å². The van der Waals surface area contributed by atoms with Gasteiger partial charge in [0.15, 0.2) is 9.84 Å². The van der Waals surface area contributed by atoms with Crippen molar-refractivity contribution in [2.45, 2.75) is 4.90 Å². The van der Waals surface area contributed by atoms with Crippen LogP contribution in [0.25, 0.3) is 16.7 Å². The zero-order valence-electron chi connectivity index (χ0n) is 10.7. The molecule has 0 saturated heterocycles. The summed E-state index contributed by atoms with van der Waals surface area (Å²) in [6.07, 6.45) is 1.13. The van der Waals surface area contributed by atoms with Crippen LogP contribution in [0.3, 0.4) is 0 Å². The van der Waals surface area contributed by atoms with Gasteiger partial charge in [-0.2, -0.15) is 0 Å². The average Bonchev–Trinajstić information content (AvgIpc) is 2.81. The molecule has 2 aromatic carbocycles. The molecule has 0 aliphatic carbocycles. The van der Waals surface area contributed by atoms with E-state index in [-0.39, 0.29) is 10.6 Å². The zero-order valence-corrected chi connectivity index (χ0v) is 11.5. The Balaban J connectivity index is 2.31. The van der Waals surface area contributed by atoms with E-state index in [1.165, 1.54) is 6.07 Å². The van der Waals surface area contributed by atoms with E-state index in [4.69, 9.17) is 5.73 Å². The van der Waals surface area contributed by atoms with Crippen LogP contribution in [-0.2, 0) is 9.84 Å². The topological polar surface area (TPSA) is 90.9 Å². The lowest BCUT2D eigenvalue weighted by atomic mass is 10.2. The Kier molecular flexibility index (Phi) is 2.72. The average molecular weight is 288 g/mol. The fraction of sp³-hybridized carbons (Fsp3) is 0.0769. The summed E-state index contributed by atoms with van der Waals surface area (Å²) in [5.74, 6) is 0. The van der Waals surface area contributed by atoms with Crippen LogP contribution < -0.4 is 5.73 Å². The second kappa shape index (κ2) is 4.31. The third-order valence-corrected chi connectivity index (χ3v) is 4.18. The number of aromatic nitrogens is 3. The Bertz CT molecular complexity index is 900. The lowest BCUT2D eigenvalue weighted by molar-refractivity contribution is 0.602. The first-order valence-electron chi connectivity index (χ1n) is 5.88. The van der Waals surface area contributed by atoms with Crippen LogP contribution in [-0.4, -0.2) is 29.7 Å². The van der Waals surface area contributed by atoms with Crippen molar-refractivity contribution in [2.24, 2.45) is 0 Å². The van der Waals surface area contributed by atoms with Crippen molar-refractivity contribution in [1.82, 2.24) is 15.0 Å². The van der Waals surface area contributed by atoms with Crippen LogP contribution in [0.4, 0.5) is 5.69 Å². The summed E-state index contributed by atoms with van der Waals surface area (Å²) < 4.78 is 25.0. The van der Waals surface area contributed by atoms with E-state index in [1.54, 1.807) is 16.8 Å². The molecule has 102 valence electrons. The van der Waals surface area contributed by atoms with Crippen LogP contribution >= 0.6 is 0 Å². The predicted molar refractivity (Wildman–Crippen MR) is 76.4 cm³/mol. The van der Waals surface area contributed by atoms with E-state index < -0.39 is 9.84 Å². The number of fused-ring (bicyclic) bond motifs is 1. The molecular weight excluding hydrogens is 276 g/mol. The third-order valence-electron chi connectivity index (χ3n) is 3.02. The first-order valence-corrected chi connectivity index (χ1v) is 7.77. The SMILES string of the molecule is CS(=O)(=O)c1cccc(-n2nnc3ccccc32)c1N. The van der Waals surface area contributed by atoms with Gasteiger partial charge >= 0.3 is 0 Å². The van der Waals surface area contributed by atoms with Gasteiger partial charge in [-0.3, -0.25) is 0 Å². The maximum Gasteiger partial charge on any atom is 0.177 e. The smallest absolute Gasteiger partial charge is 0.177 e. The predicted octanol–water partition coefficient (Wildman–Crippen LogP) is 1.41. The highest BCUT2D eigenvalue weighted by molar-refractivity contribution is 7.90. The molecule has 2 N–H and O–H groups in total. The molecule has 3 aromatic rings. The molecule has 20 heavy (non-hydrogen) atoms. The summed E-state index contributed by atoms with van der Waals surface area (Å²) >= 11 is 0. The largest absolute Gasteiger partial charge is 0.396 e. The quantitative estimate of drug-likeness (QED) is 0.720. The molecule has 0 radical (unpaired) electrons. The van der Waals surface area contributed by atoms with Crippen LogP contribution in [0.1, 0.15) is 0 Å². The Morgan fingerprint density at radius 2 is 1.85 bits per heavy atom. The van der Waals surface area contributed by atoms with Gasteiger partial charge < -0.3 is 5.73 Å². The maximum atomic E-state index is 11.7. The Morgan fingerprint density at radius 3 is 2.60 bits per heavy atom. The summed E-state index contributed by atoms with van der Waals surface area (Å²) in [6.45, 7) is 0. The summed E-state index contributed by atoms with van der Waals surface area (Å²) in [6, 6.07) is 12.2. The first-order chi connectivity index (χ1) is 9.48. The van der Waals surface area contributed by atoms with Gasteiger partial charge in [0, 0.05) is 6.26 Å². The second-order valence-electron chi connectivity index (χ2n) is 4.45.